The molecule has 0 atom stereocenters. The van der Waals surface area contributed by atoms with Crippen LogP contribution >= 0.6 is 0 Å². The van der Waals surface area contributed by atoms with Crippen molar-refractivity contribution in [2.45, 2.75) is 71.1 Å². The summed E-state index contributed by atoms with van der Waals surface area (Å²) in [6.07, 6.45) is 13.9. The molecule has 0 bridgehead atoms. The topological polar surface area (TPSA) is 50.7 Å². The number of hydrogen-bond donors (Lipinski definition) is 2. The van der Waals surface area contributed by atoms with Crippen LogP contribution in [0.4, 0.5) is 0 Å². The van der Waals surface area contributed by atoms with Gasteiger partial charge in [0.05, 0.1) is 33.0 Å². The fourth-order valence-electron chi connectivity index (χ4n) is 2.39. The van der Waals surface area contributed by atoms with Gasteiger partial charge in [-0.1, -0.05) is 64.7 Å². The molecular formula is C18H39NO3. The van der Waals surface area contributed by atoms with Crippen molar-refractivity contribution in [3.05, 3.63) is 0 Å². The molecule has 0 aliphatic heterocycles. The maximum Gasteiger partial charge on any atom is 0.0701 e. The summed E-state index contributed by atoms with van der Waals surface area (Å²) in [5.41, 5.74) is 0. The lowest BCUT2D eigenvalue weighted by Crippen LogP contribution is -2.21. The molecule has 0 heterocycles. The predicted octanol–water partition coefficient (Wildman–Crippen LogP) is 3.52. The summed E-state index contributed by atoms with van der Waals surface area (Å²) >= 11 is 0. The third-order valence-electron chi connectivity index (χ3n) is 3.74. The van der Waals surface area contributed by atoms with E-state index >= 15 is 0 Å². The second-order valence-corrected chi connectivity index (χ2v) is 5.88. The molecule has 2 N–H and O–H groups in total. The molecular weight excluding hydrogens is 278 g/mol. The smallest absolute Gasteiger partial charge is 0.0701 e. The molecule has 0 aromatic rings. The molecule has 0 fully saturated rings. The van der Waals surface area contributed by atoms with E-state index in [0.717, 1.165) is 19.7 Å². The second kappa shape index (κ2) is 20.8. The van der Waals surface area contributed by atoms with Crippen molar-refractivity contribution in [2.75, 3.05) is 46.1 Å². The van der Waals surface area contributed by atoms with Gasteiger partial charge < -0.3 is 19.9 Å². The summed E-state index contributed by atoms with van der Waals surface area (Å²) in [5.74, 6) is 0. The maximum absolute atomic E-state index is 8.53. The summed E-state index contributed by atoms with van der Waals surface area (Å²) < 4.78 is 10.5. The average molecular weight is 318 g/mol. The number of ether oxygens (including phenoxy) is 2. The third-order valence-corrected chi connectivity index (χ3v) is 3.74. The van der Waals surface area contributed by atoms with E-state index in [1.807, 2.05) is 0 Å². The lowest BCUT2D eigenvalue weighted by atomic mass is 10.1. The van der Waals surface area contributed by atoms with Gasteiger partial charge in [0.15, 0.2) is 0 Å². The van der Waals surface area contributed by atoms with Crippen LogP contribution in [0.15, 0.2) is 0 Å². The van der Waals surface area contributed by atoms with Gasteiger partial charge in [-0.15, -0.1) is 0 Å². The Morgan fingerprint density at radius 2 is 1.18 bits per heavy atom. The van der Waals surface area contributed by atoms with Crippen LogP contribution in [-0.2, 0) is 9.47 Å². The number of rotatable bonds is 19. The van der Waals surface area contributed by atoms with E-state index in [-0.39, 0.29) is 6.61 Å². The number of aliphatic hydroxyl groups excluding tert-OH is 1. The predicted molar refractivity (Wildman–Crippen MR) is 93.4 cm³/mol. The summed E-state index contributed by atoms with van der Waals surface area (Å²) in [4.78, 5) is 0. The Labute approximate surface area is 138 Å². The van der Waals surface area contributed by atoms with Gasteiger partial charge in [-0.2, -0.15) is 0 Å². The third kappa shape index (κ3) is 19.8. The van der Waals surface area contributed by atoms with Gasteiger partial charge >= 0.3 is 0 Å². The molecule has 4 heteroatoms. The average Bonchev–Trinajstić information content (AvgIpc) is 2.54. The molecule has 0 saturated heterocycles. The van der Waals surface area contributed by atoms with Crippen LogP contribution in [-0.4, -0.2) is 51.2 Å². The quantitative estimate of drug-likeness (QED) is 0.358. The van der Waals surface area contributed by atoms with Crippen molar-refractivity contribution >= 4 is 0 Å². The van der Waals surface area contributed by atoms with Crippen molar-refractivity contribution in [2.24, 2.45) is 0 Å². The van der Waals surface area contributed by atoms with E-state index in [0.29, 0.717) is 19.8 Å². The van der Waals surface area contributed by atoms with Crippen LogP contribution in [0.3, 0.4) is 0 Å². The fraction of sp³-hybridized carbons (Fsp3) is 1.00. The molecule has 0 rings (SSSR count). The molecule has 0 aromatic heterocycles. The minimum absolute atomic E-state index is 0.0837. The molecule has 0 aliphatic rings. The minimum Gasteiger partial charge on any atom is -0.394 e. The van der Waals surface area contributed by atoms with Gasteiger partial charge in [-0.3, -0.25) is 0 Å². The number of hydrogen-bond acceptors (Lipinski definition) is 4. The molecule has 0 saturated carbocycles. The lowest BCUT2D eigenvalue weighted by Gasteiger charge is -2.06. The monoisotopic (exact) mass is 317 g/mol. The molecule has 0 unspecified atom stereocenters. The van der Waals surface area contributed by atoms with Gasteiger partial charge in [0.2, 0.25) is 0 Å². The molecule has 0 amide bonds. The van der Waals surface area contributed by atoms with Crippen LogP contribution < -0.4 is 5.32 Å². The van der Waals surface area contributed by atoms with E-state index in [1.165, 1.54) is 64.2 Å². The summed E-state index contributed by atoms with van der Waals surface area (Å²) in [7, 11) is 0. The van der Waals surface area contributed by atoms with Gasteiger partial charge in [-0.25, -0.2) is 0 Å². The molecule has 4 nitrogen and oxygen atoms in total. The van der Waals surface area contributed by atoms with E-state index in [2.05, 4.69) is 12.2 Å². The van der Waals surface area contributed by atoms with Crippen molar-refractivity contribution in [1.29, 1.82) is 0 Å². The highest BCUT2D eigenvalue weighted by atomic mass is 16.5. The van der Waals surface area contributed by atoms with E-state index in [1.54, 1.807) is 0 Å². The van der Waals surface area contributed by atoms with Crippen LogP contribution in [0, 0.1) is 0 Å². The number of unbranched alkanes of at least 4 members (excludes halogenated alkanes) is 9. The highest BCUT2D eigenvalue weighted by Crippen LogP contribution is 2.10. The zero-order chi connectivity index (χ0) is 16.1. The first-order valence-corrected chi connectivity index (χ1v) is 9.39. The zero-order valence-electron chi connectivity index (χ0n) is 14.8. The van der Waals surface area contributed by atoms with E-state index in [9.17, 15) is 0 Å². The van der Waals surface area contributed by atoms with Crippen LogP contribution in [0.25, 0.3) is 0 Å². The van der Waals surface area contributed by atoms with Crippen molar-refractivity contribution in [1.82, 2.24) is 5.32 Å². The summed E-state index contributed by atoms with van der Waals surface area (Å²) in [6.45, 7) is 6.69. The molecule has 0 spiro atoms. The molecule has 134 valence electrons. The van der Waals surface area contributed by atoms with Crippen LogP contribution in [0.2, 0.25) is 0 Å². The Balaban J connectivity index is 2.91. The van der Waals surface area contributed by atoms with Gasteiger partial charge in [0.1, 0.15) is 0 Å². The summed E-state index contributed by atoms with van der Waals surface area (Å²) in [5, 5.41) is 11.9. The van der Waals surface area contributed by atoms with Crippen molar-refractivity contribution < 1.29 is 14.6 Å². The Bertz CT molecular complexity index is 171. The van der Waals surface area contributed by atoms with Crippen LogP contribution in [0.5, 0.6) is 0 Å². The standard InChI is InChI=1S/C18H39NO3/c1-2-3-4-5-6-7-8-9-10-11-12-19-13-15-21-17-18-22-16-14-20/h19-20H,2-18H2,1H3. The molecule has 0 radical (unpaired) electrons. The summed E-state index contributed by atoms with van der Waals surface area (Å²) in [6, 6.07) is 0. The molecule has 0 aliphatic carbocycles. The molecule has 22 heavy (non-hydrogen) atoms. The number of aliphatic hydroxyl groups is 1. The highest BCUT2D eigenvalue weighted by Gasteiger charge is 1.93. The maximum atomic E-state index is 8.53. The van der Waals surface area contributed by atoms with E-state index < -0.39 is 0 Å². The largest absolute Gasteiger partial charge is 0.394 e. The Hall–Kier alpha value is -0.160. The first kappa shape index (κ1) is 21.8. The fourth-order valence-corrected chi connectivity index (χ4v) is 2.39. The highest BCUT2D eigenvalue weighted by molar-refractivity contribution is 4.50. The van der Waals surface area contributed by atoms with Crippen LogP contribution in [0.1, 0.15) is 71.1 Å². The molecule has 0 aromatic carbocycles. The van der Waals surface area contributed by atoms with Gasteiger partial charge in [0.25, 0.3) is 0 Å². The number of nitrogens with one attached hydrogen (secondary N) is 1. The lowest BCUT2D eigenvalue weighted by molar-refractivity contribution is 0.0340. The van der Waals surface area contributed by atoms with Crippen molar-refractivity contribution in [3.63, 3.8) is 0 Å². The zero-order valence-corrected chi connectivity index (χ0v) is 14.8. The minimum atomic E-state index is 0.0837. The van der Waals surface area contributed by atoms with Gasteiger partial charge in [-0.05, 0) is 13.0 Å². The Kier molecular flexibility index (Phi) is 20.7. The SMILES string of the molecule is CCCCCCCCCCCCNCCOCCOCCO. The van der Waals surface area contributed by atoms with E-state index in [4.69, 9.17) is 14.6 Å². The Morgan fingerprint density at radius 3 is 1.77 bits per heavy atom. The first-order chi connectivity index (χ1) is 10.9. The normalized spacial score (nSPS) is 11.2. The van der Waals surface area contributed by atoms with Crippen molar-refractivity contribution in [3.8, 4) is 0 Å². The Morgan fingerprint density at radius 1 is 0.636 bits per heavy atom. The second-order valence-electron chi connectivity index (χ2n) is 5.88. The van der Waals surface area contributed by atoms with Gasteiger partial charge in [0, 0.05) is 6.54 Å². The first-order valence-electron chi connectivity index (χ1n) is 9.39.